The Kier molecular flexibility index (Phi) is 6.20. The van der Waals surface area contributed by atoms with Crippen LogP contribution in [0.5, 0.6) is 5.75 Å². The predicted molar refractivity (Wildman–Crippen MR) is 89.8 cm³/mol. The van der Waals surface area contributed by atoms with Gasteiger partial charge in [0.25, 0.3) is 5.91 Å². The Labute approximate surface area is 143 Å². The lowest BCUT2D eigenvalue weighted by Crippen LogP contribution is -2.40. The molecule has 1 aliphatic heterocycles. The number of methoxy groups -OCH3 is 1. The maximum absolute atomic E-state index is 12.8. The third-order valence-electron chi connectivity index (χ3n) is 4.03. The molecular weight excluding hydrogens is 332 g/mol. The number of benzene rings is 1. The quantitative estimate of drug-likeness (QED) is 0.765. The number of amides is 1. The lowest BCUT2D eigenvalue weighted by Gasteiger charge is -2.27. The Balaban J connectivity index is 2.42. The molecule has 0 bridgehead atoms. The summed E-state index contributed by atoms with van der Waals surface area (Å²) in [5, 5.41) is 0. The van der Waals surface area contributed by atoms with Crippen LogP contribution in [0.3, 0.4) is 0 Å². The summed E-state index contributed by atoms with van der Waals surface area (Å²) in [4.78, 5) is 14.3. The fourth-order valence-electron chi connectivity index (χ4n) is 2.66. The van der Waals surface area contributed by atoms with E-state index in [0.29, 0.717) is 45.0 Å². The molecule has 7 nitrogen and oxygen atoms in total. The largest absolute Gasteiger partial charge is 0.495 e. The Morgan fingerprint density at radius 3 is 2.42 bits per heavy atom. The van der Waals surface area contributed by atoms with Gasteiger partial charge in [-0.3, -0.25) is 4.79 Å². The first kappa shape index (κ1) is 18.7. The van der Waals surface area contributed by atoms with Crippen molar-refractivity contribution in [3.05, 3.63) is 23.8 Å². The minimum Gasteiger partial charge on any atom is -0.495 e. The van der Waals surface area contributed by atoms with Crippen LogP contribution in [0, 0.1) is 0 Å². The SMILES string of the molecule is CCN(CC)S(=O)(=O)c1cc(C(=O)N2CCOCC2)ccc1OC. The van der Waals surface area contributed by atoms with Crippen LogP contribution in [0.1, 0.15) is 24.2 Å². The number of ether oxygens (including phenoxy) is 2. The second-order valence-electron chi connectivity index (χ2n) is 5.36. The molecule has 2 rings (SSSR count). The average Bonchev–Trinajstić information content (AvgIpc) is 2.62. The highest BCUT2D eigenvalue weighted by molar-refractivity contribution is 7.89. The Hall–Kier alpha value is -1.64. The molecule has 0 unspecified atom stereocenters. The van der Waals surface area contributed by atoms with Crippen molar-refractivity contribution in [1.82, 2.24) is 9.21 Å². The van der Waals surface area contributed by atoms with Crippen LogP contribution in [0.4, 0.5) is 0 Å². The topological polar surface area (TPSA) is 76.2 Å². The van der Waals surface area contributed by atoms with Crippen molar-refractivity contribution < 1.29 is 22.7 Å². The fraction of sp³-hybridized carbons (Fsp3) is 0.562. The third-order valence-corrected chi connectivity index (χ3v) is 6.10. The monoisotopic (exact) mass is 356 g/mol. The zero-order valence-electron chi connectivity index (χ0n) is 14.3. The number of rotatable bonds is 6. The zero-order valence-corrected chi connectivity index (χ0v) is 15.1. The summed E-state index contributed by atoms with van der Waals surface area (Å²) in [7, 11) is -2.30. The van der Waals surface area contributed by atoms with Crippen molar-refractivity contribution in [2.45, 2.75) is 18.7 Å². The van der Waals surface area contributed by atoms with E-state index in [4.69, 9.17) is 9.47 Å². The molecule has 1 heterocycles. The van der Waals surface area contributed by atoms with Gasteiger partial charge in [0, 0.05) is 31.7 Å². The van der Waals surface area contributed by atoms with E-state index in [0.717, 1.165) is 0 Å². The lowest BCUT2D eigenvalue weighted by atomic mass is 10.2. The molecule has 1 aromatic rings. The van der Waals surface area contributed by atoms with Crippen LogP contribution in [0.25, 0.3) is 0 Å². The van der Waals surface area contributed by atoms with E-state index >= 15 is 0 Å². The van der Waals surface area contributed by atoms with Gasteiger partial charge in [-0.25, -0.2) is 8.42 Å². The van der Waals surface area contributed by atoms with Crippen LogP contribution in [0.2, 0.25) is 0 Å². The van der Waals surface area contributed by atoms with Gasteiger partial charge < -0.3 is 14.4 Å². The molecule has 0 spiro atoms. The third kappa shape index (κ3) is 3.71. The van der Waals surface area contributed by atoms with Gasteiger partial charge in [-0.2, -0.15) is 4.31 Å². The van der Waals surface area contributed by atoms with Crippen molar-refractivity contribution >= 4 is 15.9 Å². The highest BCUT2D eigenvalue weighted by Crippen LogP contribution is 2.28. The molecule has 0 aliphatic carbocycles. The van der Waals surface area contributed by atoms with Gasteiger partial charge >= 0.3 is 0 Å². The first-order valence-corrected chi connectivity index (χ1v) is 9.44. The maximum atomic E-state index is 12.8. The molecule has 1 fully saturated rings. The molecular formula is C16H24N2O5S. The molecule has 0 saturated carbocycles. The van der Waals surface area contributed by atoms with E-state index in [2.05, 4.69) is 0 Å². The molecule has 1 saturated heterocycles. The van der Waals surface area contributed by atoms with Crippen molar-refractivity contribution in [2.24, 2.45) is 0 Å². The Morgan fingerprint density at radius 2 is 1.88 bits per heavy atom. The minimum atomic E-state index is -3.72. The van der Waals surface area contributed by atoms with Gasteiger partial charge in [-0.1, -0.05) is 13.8 Å². The summed E-state index contributed by atoms with van der Waals surface area (Å²) in [5.41, 5.74) is 0.337. The van der Waals surface area contributed by atoms with Crippen molar-refractivity contribution in [3.8, 4) is 5.75 Å². The van der Waals surface area contributed by atoms with Crippen LogP contribution in [-0.2, 0) is 14.8 Å². The predicted octanol–water partition coefficient (Wildman–Crippen LogP) is 1.20. The maximum Gasteiger partial charge on any atom is 0.254 e. The van der Waals surface area contributed by atoms with Crippen LogP contribution in [0.15, 0.2) is 23.1 Å². The van der Waals surface area contributed by atoms with Gasteiger partial charge in [0.15, 0.2) is 0 Å². The molecule has 134 valence electrons. The minimum absolute atomic E-state index is 0.0211. The van der Waals surface area contributed by atoms with E-state index in [-0.39, 0.29) is 16.6 Å². The number of carbonyl (C=O) groups is 1. The summed E-state index contributed by atoms with van der Waals surface area (Å²) >= 11 is 0. The van der Waals surface area contributed by atoms with Crippen molar-refractivity contribution in [1.29, 1.82) is 0 Å². The molecule has 0 radical (unpaired) electrons. The normalized spacial score (nSPS) is 15.6. The standard InChI is InChI=1S/C16H24N2O5S/c1-4-18(5-2)24(20,21)15-12-13(6-7-14(15)22-3)16(19)17-8-10-23-11-9-17/h6-7,12H,4-5,8-11H2,1-3H3. The van der Waals surface area contributed by atoms with Crippen LogP contribution >= 0.6 is 0 Å². The molecule has 1 aromatic carbocycles. The fourth-order valence-corrected chi connectivity index (χ4v) is 4.30. The molecule has 0 N–H and O–H groups in total. The highest BCUT2D eigenvalue weighted by atomic mass is 32.2. The zero-order chi connectivity index (χ0) is 17.7. The molecule has 8 heteroatoms. The smallest absolute Gasteiger partial charge is 0.254 e. The van der Waals surface area contributed by atoms with Gasteiger partial charge in [0.05, 0.1) is 20.3 Å². The number of morpholine rings is 1. The molecule has 0 aromatic heterocycles. The van der Waals surface area contributed by atoms with Crippen molar-refractivity contribution in [2.75, 3.05) is 46.5 Å². The summed E-state index contributed by atoms with van der Waals surface area (Å²) in [6.45, 7) is 6.24. The second-order valence-corrected chi connectivity index (χ2v) is 7.27. The van der Waals surface area contributed by atoms with Gasteiger partial charge in [-0.15, -0.1) is 0 Å². The highest BCUT2D eigenvalue weighted by Gasteiger charge is 2.28. The van der Waals surface area contributed by atoms with Gasteiger partial charge in [0.2, 0.25) is 10.0 Å². The van der Waals surface area contributed by atoms with Gasteiger partial charge in [-0.05, 0) is 18.2 Å². The van der Waals surface area contributed by atoms with Crippen molar-refractivity contribution in [3.63, 3.8) is 0 Å². The van der Waals surface area contributed by atoms with E-state index in [1.807, 2.05) is 0 Å². The Morgan fingerprint density at radius 1 is 1.25 bits per heavy atom. The van der Waals surface area contributed by atoms with E-state index in [9.17, 15) is 13.2 Å². The molecule has 0 atom stereocenters. The first-order valence-electron chi connectivity index (χ1n) is 8.00. The number of hydrogen-bond donors (Lipinski definition) is 0. The molecule has 1 aliphatic rings. The molecule has 24 heavy (non-hydrogen) atoms. The summed E-state index contributed by atoms with van der Waals surface area (Å²) < 4.78 is 37.4. The van der Waals surface area contributed by atoms with Crippen LogP contribution in [-0.4, -0.2) is 70.0 Å². The van der Waals surface area contributed by atoms with Crippen LogP contribution < -0.4 is 4.74 Å². The summed E-state index contributed by atoms with van der Waals surface area (Å²) in [5.74, 6) is 0.0392. The Bertz CT molecular complexity index is 680. The summed E-state index contributed by atoms with van der Waals surface area (Å²) in [6, 6.07) is 4.53. The number of sulfonamides is 1. The molecule has 1 amide bonds. The number of carbonyl (C=O) groups excluding carboxylic acids is 1. The van der Waals surface area contributed by atoms with E-state index in [1.165, 1.54) is 23.5 Å². The van der Waals surface area contributed by atoms with Gasteiger partial charge in [0.1, 0.15) is 10.6 Å². The number of nitrogens with zero attached hydrogens (tertiary/aromatic N) is 2. The van der Waals surface area contributed by atoms with E-state index < -0.39 is 10.0 Å². The first-order chi connectivity index (χ1) is 11.5. The second kappa shape index (κ2) is 7.96. The number of hydrogen-bond acceptors (Lipinski definition) is 5. The van der Waals surface area contributed by atoms with E-state index in [1.54, 1.807) is 24.8 Å². The average molecular weight is 356 g/mol. The summed E-state index contributed by atoms with van der Waals surface area (Å²) in [6.07, 6.45) is 0. The lowest BCUT2D eigenvalue weighted by molar-refractivity contribution is 0.0302.